The van der Waals surface area contributed by atoms with Crippen LogP contribution in [-0.4, -0.2) is 16.1 Å². The van der Waals surface area contributed by atoms with E-state index in [2.05, 4.69) is 10.3 Å². The van der Waals surface area contributed by atoms with Gasteiger partial charge in [-0.05, 0) is 31.2 Å². The van der Waals surface area contributed by atoms with Crippen LogP contribution in [0.4, 0.5) is 5.82 Å². The number of pyridine rings is 1. The SMILES string of the molecule is C[C@H](Sc1ccccc1Cl)C(=O)Nc1ccc(Cl)cn1. The van der Waals surface area contributed by atoms with Crippen LogP contribution >= 0.6 is 35.0 Å². The normalized spacial score (nSPS) is 11.9. The fourth-order valence-electron chi connectivity index (χ4n) is 1.46. The van der Waals surface area contributed by atoms with E-state index < -0.39 is 0 Å². The lowest BCUT2D eigenvalue weighted by Gasteiger charge is -2.12. The van der Waals surface area contributed by atoms with Crippen LogP contribution in [0.3, 0.4) is 0 Å². The number of anilines is 1. The molecule has 104 valence electrons. The van der Waals surface area contributed by atoms with Gasteiger partial charge in [-0.25, -0.2) is 4.98 Å². The van der Waals surface area contributed by atoms with Gasteiger partial charge in [0.15, 0.2) is 0 Å². The average molecular weight is 327 g/mol. The minimum Gasteiger partial charge on any atom is -0.310 e. The predicted octanol–water partition coefficient (Wildman–Crippen LogP) is 4.51. The van der Waals surface area contributed by atoms with Gasteiger partial charge in [-0.2, -0.15) is 0 Å². The Hall–Kier alpha value is -1.23. The zero-order chi connectivity index (χ0) is 14.5. The molecule has 20 heavy (non-hydrogen) atoms. The summed E-state index contributed by atoms with van der Waals surface area (Å²) >= 11 is 13.2. The second-order valence-electron chi connectivity index (χ2n) is 4.04. The van der Waals surface area contributed by atoms with Crippen LogP contribution in [0.5, 0.6) is 0 Å². The maximum Gasteiger partial charge on any atom is 0.238 e. The molecule has 0 saturated carbocycles. The van der Waals surface area contributed by atoms with E-state index >= 15 is 0 Å². The molecule has 0 aliphatic rings. The van der Waals surface area contributed by atoms with Crippen LogP contribution in [0.25, 0.3) is 0 Å². The Balaban J connectivity index is 1.99. The van der Waals surface area contributed by atoms with Gasteiger partial charge in [0, 0.05) is 11.1 Å². The second-order valence-corrected chi connectivity index (χ2v) is 6.27. The zero-order valence-electron chi connectivity index (χ0n) is 10.6. The van der Waals surface area contributed by atoms with E-state index in [1.807, 2.05) is 25.1 Å². The molecule has 0 spiro atoms. The molecule has 0 fully saturated rings. The monoisotopic (exact) mass is 326 g/mol. The number of carbonyl (C=O) groups excluding carboxylic acids is 1. The fourth-order valence-corrected chi connectivity index (χ4v) is 2.73. The highest BCUT2D eigenvalue weighted by molar-refractivity contribution is 8.00. The number of hydrogen-bond donors (Lipinski definition) is 1. The van der Waals surface area contributed by atoms with Gasteiger partial charge in [0.25, 0.3) is 0 Å². The topological polar surface area (TPSA) is 42.0 Å². The molecule has 0 unspecified atom stereocenters. The molecule has 0 saturated heterocycles. The molecule has 1 aromatic carbocycles. The first kappa shape index (κ1) is 15.2. The minimum absolute atomic E-state index is 0.134. The number of benzene rings is 1. The smallest absolute Gasteiger partial charge is 0.238 e. The first-order chi connectivity index (χ1) is 9.56. The van der Waals surface area contributed by atoms with Crippen molar-refractivity contribution in [2.75, 3.05) is 5.32 Å². The molecule has 0 radical (unpaired) electrons. The summed E-state index contributed by atoms with van der Waals surface area (Å²) in [6.07, 6.45) is 1.49. The Morgan fingerprint density at radius 1 is 1.25 bits per heavy atom. The number of halogens is 2. The summed E-state index contributed by atoms with van der Waals surface area (Å²) in [6, 6.07) is 10.8. The number of nitrogens with zero attached hydrogens (tertiary/aromatic N) is 1. The zero-order valence-corrected chi connectivity index (χ0v) is 13.0. The molecule has 1 heterocycles. The Morgan fingerprint density at radius 2 is 2.00 bits per heavy atom. The van der Waals surface area contributed by atoms with Crippen molar-refractivity contribution < 1.29 is 4.79 Å². The molecule has 1 amide bonds. The number of rotatable bonds is 4. The summed E-state index contributed by atoms with van der Waals surface area (Å²) in [7, 11) is 0. The van der Waals surface area contributed by atoms with Crippen molar-refractivity contribution in [1.82, 2.24) is 4.98 Å². The lowest BCUT2D eigenvalue weighted by molar-refractivity contribution is -0.115. The summed E-state index contributed by atoms with van der Waals surface area (Å²) in [5.74, 6) is 0.343. The highest BCUT2D eigenvalue weighted by Gasteiger charge is 2.16. The van der Waals surface area contributed by atoms with Crippen LogP contribution in [0, 0.1) is 0 Å². The maximum atomic E-state index is 12.1. The third kappa shape index (κ3) is 4.13. The molecule has 1 atom stereocenters. The number of aromatic nitrogens is 1. The van der Waals surface area contributed by atoms with E-state index in [9.17, 15) is 4.79 Å². The number of nitrogens with one attached hydrogen (secondary N) is 1. The van der Waals surface area contributed by atoms with Crippen molar-refractivity contribution >= 4 is 46.7 Å². The molecule has 2 rings (SSSR count). The maximum absolute atomic E-state index is 12.1. The van der Waals surface area contributed by atoms with Gasteiger partial charge in [0.1, 0.15) is 5.82 Å². The molecule has 1 aromatic heterocycles. The van der Waals surface area contributed by atoms with Gasteiger partial charge in [0.2, 0.25) is 5.91 Å². The number of hydrogen-bond acceptors (Lipinski definition) is 3. The summed E-state index contributed by atoms with van der Waals surface area (Å²) in [4.78, 5) is 17.0. The quantitative estimate of drug-likeness (QED) is 0.840. The van der Waals surface area contributed by atoms with E-state index in [1.165, 1.54) is 18.0 Å². The highest BCUT2D eigenvalue weighted by atomic mass is 35.5. The molecule has 1 N–H and O–H groups in total. The Kier molecular flexibility index (Phi) is 5.29. The van der Waals surface area contributed by atoms with Crippen LogP contribution in [0.1, 0.15) is 6.92 Å². The van der Waals surface area contributed by atoms with Gasteiger partial charge in [-0.3, -0.25) is 4.79 Å². The predicted molar refractivity (Wildman–Crippen MR) is 84.6 cm³/mol. The van der Waals surface area contributed by atoms with Gasteiger partial charge in [0.05, 0.1) is 15.3 Å². The van der Waals surface area contributed by atoms with Gasteiger partial charge in [-0.15, -0.1) is 11.8 Å². The Morgan fingerprint density at radius 3 is 2.65 bits per heavy atom. The average Bonchev–Trinajstić information content (AvgIpc) is 2.44. The van der Waals surface area contributed by atoms with E-state index in [0.717, 1.165) is 4.90 Å². The van der Waals surface area contributed by atoms with Crippen molar-refractivity contribution in [3.05, 3.63) is 52.6 Å². The number of thioether (sulfide) groups is 1. The fraction of sp³-hybridized carbons (Fsp3) is 0.143. The standard InChI is InChI=1S/C14H12Cl2N2OS/c1-9(20-12-5-3-2-4-11(12)16)14(19)18-13-7-6-10(15)8-17-13/h2-9H,1H3,(H,17,18,19)/t9-/m0/s1. The molecular weight excluding hydrogens is 315 g/mol. The highest BCUT2D eigenvalue weighted by Crippen LogP contribution is 2.30. The van der Waals surface area contributed by atoms with Crippen molar-refractivity contribution in [3.63, 3.8) is 0 Å². The summed E-state index contributed by atoms with van der Waals surface area (Å²) in [6.45, 7) is 1.82. The molecule has 0 bridgehead atoms. The van der Waals surface area contributed by atoms with E-state index in [-0.39, 0.29) is 11.2 Å². The number of amides is 1. The Bertz CT molecular complexity index is 604. The second kappa shape index (κ2) is 6.97. The van der Waals surface area contributed by atoms with Crippen LogP contribution in [-0.2, 0) is 4.79 Å². The van der Waals surface area contributed by atoms with Gasteiger partial charge < -0.3 is 5.32 Å². The van der Waals surface area contributed by atoms with Crippen molar-refractivity contribution in [1.29, 1.82) is 0 Å². The first-order valence-electron chi connectivity index (χ1n) is 5.90. The van der Waals surface area contributed by atoms with Crippen molar-refractivity contribution in [3.8, 4) is 0 Å². The molecule has 3 nitrogen and oxygen atoms in total. The molecule has 6 heteroatoms. The van der Waals surface area contributed by atoms with Crippen LogP contribution in [0.15, 0.2) is 47.5 Å². The van der Waals surface area contributed by atoms with Crippen LogP contribution in [0.2, 0.25) is 10.0 Å². The lowest BCUT2D eigenvalue weighted by Crippen LogP contribution is -2.22. The largest absolute Gasteiger partial charge is 0.310 e. The molecule has 2 aromatic rings. The van der Waals surface area contributed by atoms with E-state index in [1.54, 1.807) is 18.2 Å². The van der Waals surface area contributed by atoms with E-state index in [4.69, 9.17) is 23.2 Å². The van der Waals surface area contributed by atoms with Crippen molar-refractivity contribution in [2.45, 2.75) is 17.1 Å². The number of carbonyl (C=O) groups is 1. The molecular formula is C14H12Cl2N2OS. The third-order valence-electron chi connectivity index (χ3n) is 2.49. The summed E-state index contributed by atoms with van der Waals surface area (Å²) in [5, 5.41) is 3.62. The summed E-state index contributed by atoms with van der Waals surface area (Å²) < 4.78 is 0. The van der Waals surface area contributed by atoms with Gasteiger partial charge >= 0.3 is 0 Å². The first-order valence-corrected chi connectivity index (χ1v) is 7.53. The lowest BCUT2D eigenvalue weighted by atomic mass is 10.4. The van der Waals surface area contributed by atoms with Gasteiger partial charge in [-0.1, -0.05) is 35.3 Å². The van der Waals surface area contributed by atoms with Crippen LogP contribution < -0.4 is 5.32 Å². The summed E-state index contributed by atoms with van der Waals surface area (Å²) in [5.41, 5.74) is 0. The minimum atomic E-state index is -0.285. The third-order valence-corrected chi connectivity index (χ3v) is 4.33. The molecule has 0 aliphatic heterocycles. The van der Waals surface area contributed by atoms with Crippen molar-refractivity contribution in [2.24, 2.45) is 0 Å². The molecule has 0 aliphatic carbocycles. The van der Waals surface area contributed by atoms with E-state index in [0.29, 0.717) is 15.9 Å². The Labute approximate surface area is 131 Å².